The Morgan fingerprint density at radius 3 is 2.77 bits per heavy atom. The Kier molecular flexibility index (Phi) is 5.77. The second-order valence-electron chi connectivity index (χ2n) is 7.48. The molecule has 2 heterocycles. The number of carbonyl (C=O) groups excluding carboxylic acids is 2. The maximum absolute atomic E-state index is 13.1. The SMILES string of the molecule is CC(=O)NC1(NC(=O)C2CCCCN2CC(C)C)Nc2ccccc2S1. The number of piperidine rings is 1. The molecule has 1 aromatic rings. The first-order valence-electron chi connectivity index (χ1n) is 9.29. The Bertz CT molecular complexity index is 654. The van der Waals surface area contributed by atoms with Gasteiger partial charge >= 0.3 is 0 Å². The number of anilines is 1. The predicted octanol–water partition coefficient (Wildman–Crippen LogP) is 2.58. The molecule has 3 rings (SSSR count). The molecule has 0 spiro atoms. The van der Waals surface area contributed by atoms with Gasteiger partial charge in [-0.15, -0.1) is 0 Å². The van der Waals surface area contributed by atoms with Crippen LogP contribution in [-0.4, -0.2) is 41.0 Å². The summed E-state index contributed by atoms with van der Waals surface area (Å²) < 4.78 is 0. The molecule has 26 heavy (non-hydrogen) atoms. The van der Waals surface area contributed by atoms with Crippen molar-refractivity contribution in [3.8, 4) is 0 Å². The van der Waals surface area contributed by atoms with Crippen molar-refractivity contribution in [2.24, 2.45) is 5.92 Å². The number of hydrogen-bond acceptors (Lipinski definition) is 5. The van der Waals surface area contributed by atoms with Gasteiger partial charge in [0.25, 0.3) is 0 Å². The number of rotatable bonds is 5. The molecule has 142 valence electrons. The first-order chi connectivity index (χ1) is 12.4. The smallest absolute Gasteiger partial charge is 0.245 e. The molecule has 6 nitrogen and oxygen atoms in total. The van der Waals surface area contributed by atoms with E-state index in [0.29, 0.717) is 5.92 Å². The van der Waals surface area contributed by atoms with E-state index in [1.807, 2.05) is 24.3 Å². The number of para-hydroxylation sites is 1. The molecule has 0 bridgehead atoms. The molecule has 2 unspecified atom stereocenters. The third-order valence-electron chi connectivity index (χ3n) is 4.63. The zero-order valence-electron chi connectivity index (χ0n) is 15.7. The summed E-state index contributed by atoms with van der Waals surface area (Å²) in [7, 11) is 0. The van der Waals surface area contributed by atoms with E-state index in [1.165, 1.54) is 18.7 Å². The minimum absolute atomic E-state index is 0.0353. The monoisotopic (exact) mass is 376 g/mol. The largest absolute Gasteiger partial charge is 0.336 e. The summed E-state index contributed by atoms with van der Waals surface area (Å²) in [5.41, 5.74) is 0.911. The van der Waals surface area contributed by atoms with Crippen LogP contribution in [0.3, 0.4) is 0 Å². The van der Waals surface area contributed by atoms with Crippen molar-refractivity contribution in [3.63, 3.8) is 0 Å². The van der Waals surface area contributed by atoms with Gasteiger partial charge in [0, 0.05) is 18.4 Å². The van der Waals surface area contributed by atoms with Crippen molar-refractivity contribution in [2.45, 2.75) is 56.1 Å². The molecule has 2 aliphatic rings. The van der Waals surface area contributed by atoms with Crippen molar-refractivity contribution in [1.82, 2.24) is 15.5 Å². The molecule has 0 aliphatic carbocycles. The number of nitrogens with zero attached hydrogens (tertiary/aromatic N) is 1. The summed E-state index contributed by atoms with van der Waals surface area (Å²) in [5, 5.41) is 8.22. The predicted molar refractivity (Wildman–Crippen MR) is 105 cm³/mol. The van der Waals surface area contributed by atoms with Crippen molar-refractivity contribution in [1.29, 1.82) is 0 Å². The molecule has 3 N–H and O–H groups in total. The first-order valence-corrected chi connectivity index (χ1v) is 10.1. The molecule has 1 saturated heterocycles. The lowest BCUT2D eigenvalue weighted by Crippen LogP contribution is -2.64. The molecule has 1 fully saturated rings. The Labute approximate surface area is 159 Å². The lowest BCUT2D eigenvalue weighted by atomic mass is 10.00. The lowest BCUT2D eigenvalue weighted by Gasteiger charge is -2.38. The number of benzene rings is 1. The van der Waals surface area contributed by atoms with E-state index in [-0.39, 0.29) is 17.9 Å². The molecule has 2 amide bonds. The summed E-state index contributed by atoms with van der Waals surface area (Å²) in [4.78, 5) is 28.2. The summed E-state index contributed by atoms with van der Waals surface area (Å²) in [5.74, 6) is 0.281. The molecular weight excluding hydrogens is 348 g/mol. The summed E-state index contributed by atoms with van der Waals surface area (Å²) in [6.45, 7) is 7.67. The van der Waals surface area contributed by atoms with Crippen LogP contribution in [0.5, 0.6) is 0 Å². The molecule has 0 radical (unpaired) electrons. The second-order valence-corrected chi connectivity index (χ2v) is 8.73. The third kappa shape index (κ3) is 4.32. The number of hydrogen-bond donors (Lipinski definition) is 3. The number of nitrogens with one attached hydrogen (secondary N) is 3. The fourth-order valence-corrected chi connectivity index (χ4v) is 4.88. The normalized spacial score (nSPS) is 25.5. The summed E-state index contributed by atoms with van der Waals surface area (Å²) in [6.07, 6.45) is 3.04. The van der Waals surface area contributed by atoms with Gasteiger partial charge in [-0.1, -0.05) is 44.2 Å². The topological polar surface area (TPSA) is 73.5 Å². The fraction of sp³-hybridized carbons (Fsp3) is 0.579. The van der Waals surface area contributed by atoms with Gasteiger partial charge in [0.2, 0.25) is 16.9 Å². The van der Waals surface area contributed by atoms with Crippen LogP contribution in [0, 0.1) is 5.92 Å². The van der Waals surface area contributed by atoms with Gasteiger partial charge in [-0.05, 0) is 37.4 Å². The van der Waals surface area contributed by atoms with Gasteiger partial charge in [0.1, 0.15) is 0 Å². The molecule has 0 saturated carbocycles. The van der Waals surface area contributed by atoms with Gasteiger partial charge in [-0.3, -0.25) is 14.5 Å². The average Bonchev–Trinajstić information content (AvgIpc) is 2.91. The highest BCUT2D eigenvalue weighted by molar-refractivity contribution is 8.01. The Hall–Kier alpha value is -1.73. The standard InChI is InChI=1S/C19H28N4O2S/c1-13(2)12-23-11-7-6-9-16(23)18(25)22-19(20-14(3)24)21-15-8-4-5-10-17(15)26-19/h4-5,8,10,13,16,21H,6-7,9,11-12H2,1-3H3,(H,20,24)(H,22,25). The van der Waals surface area contributed by atoms with E-state index in [9.17, 15) is 9.59 Å². The molecular formula is C19H28N4O2S. The van der Waals surface area contributed by atoms with E-state index >= 15 is 0 Å². The molecule has 2 atom stereocenters. The van der Waals surface area contributed by atoms with Crippen LogP contribution >= 0.6 is 11.8 Å². The third-order valence-corrected chi connectivity index (χ3v) is 5.82. The van der Waals surface area contributed by atoms with Crippen LogP contribution in [0.25, 0.3) is 0 Å². The molecule has 2 aliphatic heterocycles. The Balaban J connectivity index is 1.77. The highest BCUT2D eigenvalue weighted by atomic mass is 32.2. The minimum Gasteiger partial charge on any atom is -0.336 e. The van der Waals surface area contributed by atoms with E-state index in [1.54, 1.807) is 0 Å². The molecule has 0 aromatic heterocycles. The zero-order chi connectivity index (χ0) is 18.7. The van der Waals surface area contributed by atoms with Crippen molar-refractivity contribution in [2.75, 3.05) is 18.4 Å². The van der Waals surface area contributed by atoms with Crippen molar-refractivity contribution < 1.29 is 9.59 Å². The minimum atomic E-state index is -1.03. The zero-order valence-corrected chi connectivity index (χ0v) is 16.5. The highest BCUT2D eigenvalue weighted by Crippen LogP contribution is 2.42. The Morgan fingerprint density at radius 2 is 2.08 bits per heavy atom. The Morgan fingerprint density at radius 1 is 1.31 bits per heavy atom. The number of amides is 2. The maximum Gasteiger partial charge on any atom is 0.245 e. The maximum atomic E-state index is 13.1. The summed E-state index contributed by atoms with van der Waals surface area (Å²) >= 11 is 1.43. The number of fused-ring (bicyclic) bond motifs is 1. The highest BCUT2D eigenvalue weighted by Gasteiger charge is 2.42. The van der Waals surface area contributed by atoms with Crippen LogP contribution in [0.2, 0.25) is 0 Å². The second kappa shape index (κ2) is 7.88. The number of likely N-dealkylation sites (tertiary alicyclic amines) is 1. The lowest BCUT2D eigenvalue weighted by molar-refractivity contribution is -0.129. The van der Waals surface area contributed by atoms with Gasteiger partial charge in [-0.25, -0.2) is 0 Å². The number of carbonyl (C=O) groups is 2. The van der Waals surface area contributed by atoms with Crippen LogP contribution in [-0.2, 0) is 9.59 Å². The van der Waals surface area contributed by atoms with Gasteiger partial charge in [0.15, 0.2) is 0 Å². The van der Waals surface area contributed by atoms with Gasteiger partial charge in [0.05, 0.1) is 11.7 Å². The molecule has 1 aromatic carbocycles. The van der Waals surface area contributed by atoms with Gasteiger partial charge < -0.3 is 16.0 Å². The van der Waals surface area contributed by atoms with Crippen LogP contribution in [0.1, 0.15) is 40.0 Å². The quantitative estimate of drug-likeness (QED) is 0.689. The van der Waals surface area contributed by atoms with E-state index < -0.39 is 5.12 Å². The fourth-order valence-electron chi connectivity index (χ4n) is 3.66. The van der Waals surface area contributed by atoms with E-state index in [0.717, 1.165) is 42.9 Å². The van der Waals surface area contributed by atoms with Crippen LogP contribution in [0.15, 0.2) is 29.2 Å². The molecule has 7 heteroatoms. The number of thioether (sulfide) groups is 1. The van der Waals surface area contributed by atoms with Crippen molar-refractivity contribution >= 4 is 29.3 Å². The van der Waals surface area contributed by atoms with Crippen molar-refractivity contribution in [3.05, 3.63) is 24.3 Å². The average molecular weight is 377 g/mol. The van der Waals surface area contributed by atoms with E-state index in [4.69, 9.17) is 0 Å². The first kappa shape index (κ1) is 19.0. The van der Waals surface area contributed by atoms with Crippen LogP contribution < -0.4 is 16.0 Å². The van der Waals surface area contributed by atoms with Gasteiger partial charge in [-0.2, -0.15) is 0 Å². The summed E-state index contributed by atoms with van der Waals surface area (Å²) in [6, 6.07) is 7.66. The van der Waals surface area contributed by atoms with E-state index in [2.05, 4.69) is 34.7 Å². The van der Waals surface area contributed by atoms with Crippen LogP contribution in [0.4, 0.5) is 5.69 Å².